The first-order valence-corrected chi connectivity index (χ1v) is 9.88. The fraction of sp³-hybridized carbons (Fsp3) is 0.409. The lowest BCUT2D eigenvalue weighted by Gasteiger charge is -2.22. The van der Waals surface area contributed by atoms with Gasteiger partial charge in [-0.1, -0.05) is 37.5 Å². The average molecular weight is 381 g/mol. The predicted molar refractivity (Wildman–Crippen MR) is 109 cm³/mol. The van der Waals surface area contributed by atoms with Crippen molar-refractivity contribution in [2.75, 3.05) is 11.9 Å². The van der Waals surface area contributed by atoms with E-state index >= 15 is 0 Å². The third-order valence-corrected chi connectivity index (χ3v) is 5.29. The van der Waals surface area contributed by atoms with Crippen LogP contribution in [0.5, 0.6) is 0 Å². The summed E-state index contributed by atoms with van der Waals surface area (Å²) in [6, 6.07) is 12.0. The third-order valence-electron chi connectivity index (χ3n) is 5.29. The maximum absolute atomic E-state index is 12.8. The number of nitrogens with zero attached hydrogens (tertiary/aromatic N) is 1. The topological polar surface area (TPSA) is 80.2 Å². The molecule has 1 heterocycles. The van der Waals surface area contributed by atoms with Crippen molar-refractivity contribution in [3.8, 4) is 0 Å². The Bertz CT molecular complexity index is 884. The number of pyridine rings is 1. The zero-order valence-corrected chi connectivity index (χ0v) is 16.2. The quantitative estimate of drug-likeness (QED) is 0.807. The fourth-order valence-corrected chi connectivity index (χ4v) is 3.60. The molecule has 2 N–H and O–H groups in total. The molecule has 1 fully saturated rings. The van der Waals surface area contributed by atoms with E-state index < -0.39 is 0 Å². The van der Waals surface area contributed by atoms with Gasteiger partial charge in [-0.05, 0) is 49.9 Å². The second-order valence-corrected chi connectivity index (χ2v) is 7.41. The summed E-state index contributed by atoms with van der Waals surface area (Å²) in [6.07, 6.45) is 6.03. The molecule has 1 aliphatic carbocycles. The van der Waals surface area contributed by atoms with E-state index in [-0.39, 0.29) is 29.6 Å². The largest absolute Gasteiger partial charge is 0.354 e. The average Bonchev–Trinajstić information content (AvgIpc) is 2.73. The van der Waals surface area contributed by atoms with Gasteiger partial charge in [0.1, 0.15) is 12.2 Å². The maximum atomic E-state index is 12.8. The summed E-state index contributed by atoms with van der Waals surface area (Å²) in [4.78, 5) is 37.4. The number of amides is 2. The van der Waals surface area contributed by atoms with E-state index in [1.165, 1.54) is 23.8 Å². The standard InChI is InChI=1S/C22H27N3O3/c1-16-12-13-19(24-21(27)18-10-6-3-7-11-18)22(28)25(16)15-20(26)23-14-17-8-4-2-5-9-17/h3,6-7,10-13,17H,2,4-5,8-9,14-15H2,1H3,(H,23,26)(H,24,27). The van der Waals surface area contributed by atoms with Crippen LogP contribution in [-0.2, 0) is 11.3 Å². The van der Waals surface area contributed by atoms with Gasteiger partial charge in [-0.3, -0.25) is 14.4 Å². The van der Waals surface area contributed by atoms with Gasteiger partial charge in [0.15, 0.2) is 0 Å². The van der Waals surface area contributed by atoms with E-state index in [4.69, 9.17) is 0 Å². The van der Waals surface area contributed by atoms with Gasteiger partial charge < -0.3 is 15.2 Å². The number of nitrogens with one attached hydrogen (secondary N) is 2. The summed E-state index contributed by atoms with van der Waals surface area (Å²) in [5.41, 5.74) is 0.936. The molecular weight excluding hydrogens is 354 g/mol. The fourth-order valence-electron chi connectivity index (χ4n) is 3.60. The molecule has 0 bridgehead atoms. The molecule has 0 spiro atoms. The number of aromatic nitrogens is 1. The van der Waals surface area contributed by atoms with Gasteiger partial charge in [0.25, 0.3) is 11.5 Å². The molecule has 28 heavy (non-hydrogen) atoms. The van der Waals surface area contributed by atoms with Crippen LogP contribution in [0.3, 0.4) is 0 Å². The number of hydrogen-bond acceptors (Lipinski definition) is 3. The van der Waals surface area contributed by atoms with Crippen LogP contribution >= 0.6 is 0 Å². The van der Waals surface area contributed by atoms with Crippen LogP contribution in [-0.4, -0.2) is 22.9 Å². The third kappa shape index (κ3) is 5.09. The second-order valence-electron chi connectivity index (χ2n) is 7.41. The highest BCUT2D eigenvalue weighted by Crippen LogP contribution is 2.22. The summed E-state index contributed by atoms with van der Waals surface area (Å²) in [5.74, 6) is 0.00387. The Kier molecular flexibility index (Phi) is 6.63. The summed E-state index contributed by atoms with van der Waals surface area (Å²) in [6.45, 7) is 2.39. The normalized spacial score (nSPS) is 14.5. The van der Waals surface area contributed by atoms with E-state index in [0.717, 1.165) is 12.8 Å². The smallest absolute Gasteiger partial charge is 0.274 e. The summed E-state index contributed by atoms with van der Waals surface area (Å²) >= 11 is 0. The number of rotatable bonds is 6. The van der Waals surface area contributed by atoms with Gasteiger partial charge in [0.05, 0.1) is 0 Å². The molecule has 1 aromatic carbocycles. The molecule has 2 aromatic rings. The number of anilines is 1. The van der Waals surface area contributed by atoms with Crippen molar-refractivity contribution in [1.29, 1.82) is 0 Å². The molecule has 1 aliphatic rings. The summed E-state index contributed by atoms with van der Waals surface area (Å²) in [5, 5.41) is 5.60. The van der Waals surface area contributed by atoms with Crippen molar-refractivity contribution in [3.63, 3.8) is 0 Å². The molecule has 0 aliphatic heterocycles. The zero-order valence-electron chi connectivity index (χ0n) is 16.2. The minimum atomic E-state index is -0.378. The van der Waals surface area contributed by atoms with E-state index in [0.29, 0.717) is 23.7 Å². The van der Waals surface area contributed by atoms with Crippen molar-refractivity contribution in [2.24, 2.45) is 5.92 Å². The highest BCUT2D eigenvalue weighted by Gasteiger charge is 2.16. The Morgan fingerprint density at radius 3 is 2.46 bits per heavy atom. The molecule has 6 nitrogen and oxygen atoms in total. The summed E-state index contributed by atoms with van der Waals surface area (Å²) < 4.78 is 1.40. The molecule has 1 aromatic heterocycles. The SMILES string of the molecule is Cc1ccc(NC(=O)c2ccccc2)c(=O)n1CC(=O)NCC1CCCCC1. The van der Waals surface area contributed by atoms with Gasteiger partial charge in [-0.15, -0.1) is 0 Å². The first-order chi connectivity index (χ1) is 13.5. The first kappa shape index (κ1) is 19.9. The van der Waals surface area contributed by atoms with E-state index in [9.17, 15) is 14.4 Å². The van der Waals surface area contributed by atoms with Crippen LogP contribution in [0.2, 0.25) is 0 Å². The highest BCUT2D eigenvalue weighted by molar-refractivity contribution is 6.04. The van der Waals surface area contributed by atoms with Crippen LogP contribution in [0.15, 0.2) is 47.3 Å². The van der Waals surface area contributed by atoms with Gasteiger partial charge in [-0.2, -0.15) is 0 Å². The lowest BCUT2D eigenvalue weighted by atomic mass is 9.89. The molecule has 148 valence electrons. The van der Waals surface area contributed by atoms with Crippen LogP contribution in [0.4, 0.5) is 5.69 Å². The lowest BCUT2D eigenvalue weighted by Crippen LogP contribution is -2.37. The molecule has 6 heteroatoms. The van der Waals surface area contributed by atoms with Crippen LogP contribution in [0, 0.1) is 12.8 Å². The zero-order chi connectivity index (χ0) is 19.9. The van der Waals surface area contributed by atoms with E-state index in [1.807, 2.05) is 6.07 Å². The van der Waals surface area contributed by atoms with E-state index in [1.54, 1.807) is 43.3 Å². The Balaban J connectivity index is 1.66. The molecule has 0 radical (unpaired) electrons. The molecular formula is C22H27N3O3. The monoisotopic (exact) mass is 381 g/mol. The van der Waals surface area contributed by atoms with Gasteiger partial charge in [0, 0.05) is 17.8 Å². The Labute approximate surface area is 165 Å². The predicted octanol–water partition coefficient (Wildman–Crippen LogP) is 3.11. The molecule has 2 amide bonds. The number of carbonyl (C=O) groups is 2. The van der Waals surface area contributed by atoms with Crippen molar-refractivity contribution in [3.05, 3.63) is 64.1 Å². The van der Waals surface area contributed by atoms with Crippen molar-refractivity contribution < 1.29 is 9.59 Å². The highest BCUT2D eigenvalue weighted by atomic mass is 16.2. The molecule has 3 rings (SSSR count). The molecule has 0 unspecified atom stereocenters. The minimum Gasteiger partial charge on any atom is -0.354 e. The van der Waals surface area contributed by atoms with E-state index in [2.05, 4.69) is 10.6 Å². The van der Waals surface area contributed by atoms with Crippen LogP contribution < -0.4 is 16.2 Å². The number of benzene rings is 1. The number of aryl methyl sites for hydroxylation is 1. The second kappa shape index (κ2) is 9.35. The lowest BCUT2D eigenvalue weighted by molar-refractivity contribution is -0.122. The van der Waals surface area contributed by atoms with Crippen molar-refractivity contribution >= 4 is 17.5 Å². The molecule has 0 atom stereocenters. The van der Waals surface area contributed by atoms with Crippen molar-refractivity contribution in [2.45, 2.75) is 45.6 Å². The van der Waals surface area contributed by atoms with Gasteiger partial charge >= 0.3 is 0 Å². The van der Waals surface area contributed by atoms with Crippen LogP contribution in [0.25, 0.3) is 0 Å². The summed E-state index contributed by atoms with van der Waals surface area (Å²) in [7, 11) is 0. The molecule has 0 saturated heterocycles. The van der Waals surface area contributed by atoms with Crippen LogP contribution in [0.1, 0.15) is 48.2 Å². The van der Waals surface area contributed by atoms with Crippen molar-refractivity contribution in [1.82, 2.24) is 9.88 Å². The number of hydrogen-bond donors (Lipinski definition) is 2. The van der Waals surface area contributed by atoms with Gasteiger partial charge in [-0.25, -0.2) is 0 Å². The molecule has 1 saturated carbocycles. The maximum Gasteiger partial charge on any atom is 0.274 e. The first-order valence-electron chi connectivity index (χ1n) is 9.88. The van der Waals surface area contributed by atoms with Gasteiger partial charge in [0.2, 0.25) is 5.91 Å². The number of carbonyl (C=O) groups excluding carboxylic acids is 2. The minimum absolute atomic E-state index is 0.0492. The Hall–Kier alpha value is -2.89. The Morgan fingerprint density at radius 2 is 1.75 bits per heavy atom. The Morgan fingerprint density at radius 1 is 1.04 bits per heavy atom.